The molecule has 3 N–H and O–H groups in total. The van der Waals surface area contributed by atoms with Gasteiger partial charge >= 0.3 is 5.69 Å². The lowest BCUT2D eigenvalue weighted by atomic mass is 10.2. The average molecular weight is 283 g/mol. The number of hydrogen-bond donors (Lipinski definition) is 3. The van der Waals surface area contributed by atoms with Gasteiger partial charge in [-0.15, -0.1) is 0 Å². The average Bonchev–Trinajstić information content (AvgIpc) is 2.42. The van der Waals surface area contributed by atoms with Crippen molar-refractivity contribution in [1.82, 2.24) is 9.97 Å². The lowest BCUT2D eigenvalue weighted by molar-refractivity contribution is -0.383. The minimum absolute atomic E-state index is 0.124. The van der Waals surface area contributed by atoms with Crippen molar-refractivity contribution >= 4 is 17.3 Å². The Labute approximate surface area is 117 Å². The highest BCUT2D eigenvalue weighted by Gasteiger charge is 2.22. The lowest BCUT2D eigenvalue weighted by Crippen LogP contribution is -2.20. The summed E-state index contributed by atoms with van der Waals surface area (Å²) in [7, 11) is 0. The molecule has 0 aliphatic carbocycles. The molecule has 0 bridgehead atoms. The molecule has 1 heterocycles. The van der Waals surface area contributed by atoms with Gasteiger partial charge in [-0.05, 0) is 12.8 Å². The fourth-order valence-corrected chi connectivity index (χ4v) is 1.70. The Hall–Kier alpha value is -1.96. The summed E-state index contributed by atoms with van der Waals surface area (Å²) in [6.45, 7) is 4.73. The highest BCUT2D eigenvalue weighted by molar-refractivity contribution is 5.69. The van der Waals surface area contributed by atoms with Crippen molar-refractivity contribution in [3.8, 4) is 0 Å². The lowest BCUT2D eigenvalue weighted by Gasteiger charge is -2.12. The molecule has 0 radical (unpaired) electrons. The van der Waals surface area contributed by atoms with E-state index < -0.39 is 11.0 Å². The first kappa shape index (κ1) is 16.1. The van der Waals surface area contributed by atoms with Gasteiger partial charge in [-0.2, -0.15) is 0 Å². The Morgan fingerprint density at radius 2 is 1.95 bits per heavy atom. The van der Waals surface area contributed by atoms with Crippen LogP contribution in [0.3, 0.4) is 0 Å². The maximum absolute atomic E-state index is 11.2. The van der Waals surface area contributed by atoms with Crippen molar-refractivity contribution in [3.05, 3.63) is 16.4 Å². The fourth-order valence-electron chi connectivity index (χ4n) is 1.70. The van der Waals surface area contributed by atoms with Crippen LogP contribution < -0.4 is 10.6 Å². The van der Waals surface area contributed by atoms with Crippen molar-refractivity contribution < 1.29 is 10.0 Å². The summed E-state index contributed by atoms with van der Waals surface area (Å²) >= 11 is 0. The molecule has 1 atom stereocenters. The van der Waals surface area contributed by atoms with Crippen LogP contribution in [0.25, 0.3) is 0 Å². The molecule has 0 fully saturated rings. The van der Waals surface area contributed by atoms with Crippen molar-refractivity contribution in [2.24, 2.45) is 0 Å². The van der Waals surface area contributed by atoms with Crippen LogP contribution in [0.2, 0.25) is 0 Å². The Kier molecular flexibility index (Phi) is 6.65. The van der Waals surface area contributed by atoms with Gasteiger partial charge in [0.05, 0.1) is 11.0 Å². The molecule has 1 aromatic heterocycles. The number of hydrogen-bond acceptors (Lipinski definition) is 7. The van der Waals surface area contributed by atoms with E-state index in [1.54, 1.807) is 0 Å². The maximum Gasteiger partial charge on any atom is 0.353 e. The number of aromatic nitrogens is 2. The largest absolute Gasteiger partial charge is 0.391 e. The van der Waals surface area contributed by atoms with Crippen molar-refractivity contribution in [3.63, 3.8) is 0 Å². The monoisotopic (exact) mass is 283 g/mol. The molecule has 0 saturated heterocycles. The van der Waals surface area contributed by atoms with Crippen LogP contribution in [0, 0.1) is 10.1 Å². The van der Waals surface area contributed by atoms with E-state index in [1.807, 2.05) is 13.8 Å². The van der Waals surface area contributed by atoms with E-state index in [0.29, 0.717) is 13.0 Å². The third-order valence-corrected chi connectivity index (χ3v) is 2.67. The number of aliphatic hydroxyl groups excluding tert-OH is 1. The number of nitrogens with one attached hydrogen (secondary N) is 2. The highest BCUT2D eigenvalue weighted by atomic mass is 16.6. The van der Waals surface area contributed by atoms with Crippen LogP contribution in [0.4, 0.5) is 17.3 Å². The van der Waals surface area contributed by atoms with Gasteiger partial charge in [0.15, 0.2) is 0 Å². The van der Waals surface area contributed by atoms with E-state index >= 15 is 0 Å². The van der Waals surface area contributed by atoms with Crippen LogP contribution in [0.5, 0.6) is 0 Å². The summed E-state index contributed by atoms with van der Waals surface area (Å²) in [4.78, 5) is 18.4. The van der Waals surface area contributed by atoms with Crippen molar-refractivity contribution in [2.45, 2.75) is 39.2 Å². The Bertz CT molecular complexity index is 441. The second-order valence-corrected chi connectivity index (χ2v) is 4.43. The van der Waals surface area contributed by atoms with Crippen molar-refractivity contribution in [1.29, 1.82) is 0 Å². The molecule has 0 aliphatic rings. The normalized spacial score (nSPS) is 11.9. The quantitative estimate of drug-likeness (QED) is 0.467. The topological polar surface area (TPSA) is 113 Å². The molecule has 1 rings (SSSR count). The van der Waals surface area contributed by atoms with Gasteiger partial charge in [0.1, 0.15) is 6.33 Å². The molecule has 0 aromatic carbocycles. The molecular formula is C12H21N5O3. The van der Waals surface area contributed by atoms with Gasteiger partial charge in [0.2, 0.25) is 11.6 Å². The minimum Gasteiger partial charge on any atom is -0.391 e. The molecule has 1 unspecified atom stereocenters. The molecule has 0 aliphatic heterocycles. The summed E-state index contributed by atoms with van der Waals surface area (Å²) < 4.78 is 0. The van der Waals surface area contributed by atoms with E-state index in [-0.39, 0.29) is 23.9 Å². The molecule has 8 nitrogen and oxygen atoms in total. The Morgan fingerprint density at radius 1 is 1.30 bits per heavy atom. The van der Waals surface area contributed by atoms with Crippen LogP contribution in [-0.4, -0.2) is 39.2 Å². The summed E-state index contributed by atoms with van der Waals surface area (Å²) in [5.74, 6) is 0.318. The zero-order valence-corrected chi connectivity index (χ0v) is 11.8. The molecule has 0 spiro atoms. The smallest absolute Gasteiger partial charge is 0.353 e. The zero-order valence-electron chi connectivity index (χ0n) is 11.8. The van der Waals surface area contributed by atoms with Crippen LogP contribution in [-0.2, 0) is 0 Å². The predicted molar refractivity (Wildman–Crippen MR) is 76.9 cm³/mol. The summed E-state index contributed by atoms with van der Waals surface area (Å²) in [5.41, 5.74) is -0.190. The third kappa shape index (κ3) is 4.61. The predicted octanol–water partition coefficient (Wildman–Crippen LogP) is 1.78. The molecule has 0 amide bonds. The van der Waals surface area contributed by atoms with Crippen LogP contribution in [0.15, 0.2) is 6.33 Å². The van der Waals surface area contributed by atoms with Crippen LogP contribution >= 0.6 is 0 Å². The molecule has 112 valence electrons. The standard InChI is InChI=1S/C12H21N5O3/c1-3-5-9(18)7-14-12-10(17(19)20)11(13-6-4-2)15-8-16-12/h8-9,18H,3-7H2,1-2H3,(H2,13,14,15,16). The van der Waals surface area contributed by atoms with E-state index in [4.69, 9.17) is 0 Å². The van der Waals surface area contributed by atoms with Gasteiger partial charge in [-0.25, -0.2) is 9.97 Å². The van der Waals surface area contributed by atoms with Gasteiger partial charge in [-0.3, -0.25) is 10.1 Å². The van der Waals surface area contributed by atoms with Gasteiger partial charge < -0.3 is 15.7 Å². The number of anilines is 2. The van der Waals surface area contributed by atoms with E-state index in [2.05, 4.69) is 20.6 Å². The third-order valence-electron chi connectivity index (χ3n) is 2.67. The first-order valence-electron chi connectivity index (χ1n) is 6.75. The van der Waals surface area contributed by atoms with Gasteiger partial charge in [0.25, 0.3) is 0 Å². The number of nitro groups is 1. The number of rotatable bonds is 9. The van der Waals surface area contributed by atoms with Gasteiger partial charge in [0, 0.05) is 13.1 Å². The Balaban J connectivity index is 2.86. The van der Waals surface area contributed by atoms with Crippen molar-refractivity contribution in [2.75, 3.05) is 23.7 Å². The number of aliphatic hydroxyl groups is 1. The first-order valence-corrected chi connectivity index (χ1v) is 6.75. The first-order chi connectivity index (χ1) is 9.60. The van der Waals surface area contributed by atoms with E-state index in [9.17, 15) is 15.2 Å². The molecular weight excluding hydrogens is 262 g/mol. The van der Waals surface area contributed by atoms with Crippen LogP contribution in [0.1, 0.15) is 33.1 Å². The van der Waals surface area contributed by atoms with Gasteiger partial charge in [-0.1, -0.05) is 20.3 Å². The molecule has 1 aromatic rings. The summed E-state index contributed by atoms with van der Waals surface area (Å²) in [6, 6.07) is 0. The SMILES string of the molecule is CCCNc1ncnc(NCC(O)CCC)c1[N+](=O)[O-]. The van der Waals surface area contributed by atoms with E-state index in [0.717, 1.165) is 12.8 Å². The molecule has 8 heteroatoms. The summed E-state index contributed by atoms with van der Waals surface area (Å²) in [6.07, 6.45) is 3.02. The van der Waals surface area contributed by atoms with E-state index in [1.165, 1.54) is 6.33 Å². The fraction of sp³-hybridized carbons (Fsp3) is 0.667. The second-order valence-electron chi connectivity index (χ2n) is 4.43. The number of nitrogens with zero attached hydrogens (tertiary/aromatic N) is 3. The molecule has 0 saturated carbocycles. The Morgan fingerprint density at radius 3 is 2.50 bits per heavy atom. The summed E-state index contributed by atoms with van der Waals surface area (Å²) in [5, 5.41) is 26.5. The second kappa shape index (κ2) is 8.26. The molecule has 20 heavy (non-hydrogen) atoms. The maximum atomic E-state index is 11.2. The zero-order chi connectivity index (χ0) is 15.0. The highest BCUT2D eigenvalue weighted by Crippen LogP contribution is 2.28. The minimum atomic E-state index is -0.554.